The van der Waals surface area contributed by atoms with Gasteiger partial charge in [-0.15, -0.1) is 0 Å². The van der Waals surface area contributed by atoms with E-state index in [2.05, 4.69) is 37.6 Å². The minimum Gasteiger partial charge on any atom is -0.460 e. The second-order valence-electron chi connectivity index (χ2n) is 6.38. The Morgan fingerprint density at radius 3 is 2.65 bits per heavy atom. The molecule has 0 spiro atoms. The largest absolute Gasteiger partial charge is 0.460 e. The van der Waals surface area contributed by atoms with Crippen LogP contribution in [0.1, 0.15) is 19.4 Å². The minimum absolute atomic E-state index is 0.186. The molecule has 0 bridgehead atoms. The quantitative estimate of drug-likeness (QED) is 0.362. The van der Waals surface area contributed by atoms with Crippen molar-refractivity contribution >= 4 is 12.7 Å². The second-order valence-corrected chi connectivity index (χ2v) is 6.38. The van der Waals surface area contributed by atoms with Crippen molar-refractivity contribution in [1.29, 1.82) is 0 Å². The summed E-state index contributed by atoms with van der Waals surface area (Å²) in [4.78, 5) is 14.3. The molecule has 1 aliphatic rings. The fourth-order valence-electron chi connectivity index (χ4n) is 2.86. The lowest BCUT2D eigenvalue weighted by atomic mass is 10.0. The van der Waals surface area contributed by atoms with E-state index in [1.54, 1.807) is 0 Å². The molecule has 0 aliphatic carbocycles. The molecular formula is C19H27N2O2+. The van der Waals surface area contributed by atoms with Crippen molar-refractivity contribution in [3.8, 4) is 0 Å². The van der Waals surface area contributed by atoms with Crippen LogP contribution >= 0.6 is 0 Å². The van der Waals surface area contributed by atoms with E-state index >= 15 is 0 Å². The first-order valence-electron chi connectivity index (χ1n) is 8.12. The lowest BCUT2D eigenvalue weighted by Gasteiger charge is -2.27. The van der Waals surface area contributed by atoms with Gasteiger partial charge in [-0.05, 0) is 12.5 Å². The lowest BCUT2D eigenvalue weighted by molar-refractivity contribution is -0.536. The average molecular weight is 315 g/mol. The number of rotatable bonds is 5. The van der Waals surface area contributed by atoms with E-state index in [0.29, 0.717) is 19.1 Å². The van der Waals surface area contributed by atoms with Gasteiger partial charge >= 0.3 is 5.97 Å². The Hall–Kier alpha value is -1.94. The number of carbonyl (C=O) groups is 1. The van der Waals surface area contributed by atoms with Crippen LogP contribution in [0.3, 0.4) is 0 Å². The molecule has 3 atom stereocenters. The van der Waals surface area contributed by atoms with Crippen LogP contribution in [-0.4, -0.2) is 54.4 Å². The van der Waals surface area contributed by atoms with Crippen LogP contribution in [0, 0.1) is 5.92 Å². The number of benzene rings is 1. The van der Waals surface area contributed by atoms with E-state index < -0.39 is 0 Å². The molecule has 0 radical (unpaired) electrons. The highest BCUT2D eigenvalue weighted by Crippen LogP contribution is 2.17. The van der Waals surface area contributed by atoms with Gasteiger partial charge in [-0.3, -0.25) is 9.69 Å². The summed E-state index contributed by atoms with van der Waals surface area (Å²) in [6, 6.07) is 10.3. The van der Waals surface area contributed by atoms with Crippen LogP contribution in [0.25, 0.3) is 0 Å². The second kappa shape index (κ2) is 8.06. The summed E-state index contributed by atoms with van der Waals surface area (Å²) in [6.45, 7) is 9.75. The van der Waals surface area contributed by atoms with Crippen LogP contribution < -0.4 is 0 Å². The van der Waals surface area contributed by atoms with Crippen LogP contribution in [0.15, 0.2) is 42.5 Å². The molecule has 4 nitrogen and oxygen atoms in total. The maximum atomic E-state index is 12.2. The highest BCUT2D eigenvalue weighted by Gasteiger charge is 2.30. The summed E-state index contributed by atoms with van der Waals surface area (Å²) in [5.41, 5.74) is 1.01. The van der Waals surface area contributed by atoms with E-state index in [4.69, 9.17) is 4.74 Å². The molecule has 1 aromatic carbocycles. The van der Waals surface area contributed by atoms with Gasteiger partial charge in [0.1, 0.15) is 20.4 Å². The Bertz CT molecular complexity index is 568. The Balaban J connectivity index is 1.93. The van der Waals surface area contributed by atoms with E-state index in [-0.39, 0.29) is 18.1 Å². The van der Waals surface area contributed by atoms with Gasteiger partial charge < -0.3 is 4.74 Å². The molecule has 0 N–H and O–H groups in total. The number of ether oxygens (including phenoxy) is 1. The lowest BCUT2D eigenvalue weighted by Crippen LogP contribution is -2.44. The molecule has 4 heteroatoms. The standard InChI is InChI=1S/C19H27N2O2/c1-15-10-11-16(2)21(12-18(15)20(3)4)13-19(22)23-14-17-8-6-5-7-9-17/h5-11,15-16,18H,3,12-14H2,1-2,4H3/q+1/t15-,16-,18-/m0/s1. The smallest absolute Gasteiger partial charge is 0.320 e. The number of carbonyl (C=O) groups excluding carboxylic acids is 1. The Labute approximate surface area is 139 Å². The first kappa shape index (κ1) is 17.4. The summed E-state index contributed by atoms with van der Waals surface area (Å²) >= 11 is 0. The molecular weight excluding hydrogens is 288 g/mol. The zero-order valence-corrected chi connectivity index (χ0v) is 14.3. The van der Waals surface area contributed by atoms with Crippen molar-refractivity contribution in [2.24, 2.45) is 5.92 Å². The maximum Gasteiger partial charge on any atom is 0.320 e. The van der Waals surface area contributed by atoms with Crippen molar-refractivity contribution in [2.75, 3.05) is 20.1 Å². The first-order valence-corrected chi connectivity index (χ1v) is 8.12. The molecule has 0 unspecified atom stereocenters. The number of nitrogens with zero attached hydrogens (tertiary/aromatic N) is 2. The molecule has 0 saturated carbocycles. The summed E-state index contributed by atoms with van der Waals surface area (Å²) < 4.78 is 7.39. The van der Waals surface area contributed by atoms with Gasteiger partial charge in [0.05, 0.1) is 13.1 Å². The van der Waals surface area contributed by atoms with Crippen molar-refractivity contribution in [2.45, 2.75) is 32.5 Å². The predicted molar refractivity (Wildman–Crippen MR) is 92.7 cm³/mol. The number of likely N-dealkylation sites (N-methyl/N-ethyl adjacent to an activating group) is 1. The molecule has 0 fully saturated rings. The van der Waals surface area contributed by atoms with Crippen LogP contribution in [-0.2, 0) is 16.1 Å². The number of hydrogen-bond donors (Lipinski definition) is 0. The minimum atomic E-state index is -0.186. The summed E-state index contributed by atoms with van der Waals surface area (Å²) in [7, 11) is 1.98. The third-order valence-corrected chi connectivity index (χ3v) is 4.44. The Morgan fingerprint density at radius 1 is 1.30 bits per heavy atom. The summed E-state index contributed by atoms with van der Waals surface area (Å²) in [6.07, 6.45) is 4.38. The average Bonchev–Trinajstić information content (AvgIpc) is 2.67. The van der Waals surface area contributed by atoms with Crippen molar-refractivity contribution in [3.63, 3.8) is 0 Å². The third-order valence-electron chi connectivity index (χ3n) is 4.44. The molecule has 0 aromatic heterocycles. The monoisotopic (exact) mass is 315 g/mol. The molecule has 0 amide bonds. The zero-order chi connectivity index (χ0) is 16.8. The molecule has 2 rings (SSSR count). The molecule has 23 heavy (non-hydrogen) atoms. The van der Waals surface area contributed by atoms with Gasteiger partial charge in [0.2, 0.25) is 0 Å². The van der Waals surface area contributed by atoms with Crippen molar-refractivity contribution < 1.29 is 14.1 Å². The third kappa shape index (κ3) is 5.03. The molecule has 1 aliphatic heterocycles. The van der Waals surface area contributed by atoms with Crippen LogP contribution in [0.5, 0.6) is 0 Å². The van der Waals surface area contributed by atoms with Crippen LogP contribution in [0.4, 0.5) is 0 Å². The molecule has 0 saturated heterocycles. The number of hydrogen-bond acceptors (Lipinski definition) is 3. The van der Waals surface area contributed by atoms with Gasteiger partial charge in [-0.1, -0.05) is 49.4 Å². The SMILES string of the molecule is C=[N+](C)[C@H]1CN(CC(=O)OCc2ccccc2)[C@@H](C)C=C[C@@H]1C. The highest BCUT2D eigenvalue weighted by molar-refractivity contribution is 5.71. The first-order chi connectivity index (χ1) is 11.0. The highest BCUT2D eigenvalue weighted by atomic mass is 16.5. The van der Waals surface area contributed by atoms with Gasteiger partial charge in [0.15, 0.2) is 6.04 Å². The fraction of sp³-hybridized carbons (Fsp3) is 0.474. The van der Waals surface area contributed by atoms with Gasteiger partial charge in [-0.2, -0.15) is 0 Å². The Morgan fingerprint density at radius 2 is 2.00 bits per heavy atom. The normalized spacial score (nSPS) is 24.9. The van der Waals surface area contributed by atoms with Gasteiger partial charge in [-0.25, -0.2) is 4.58 Å². The van der Waals surface area contributed by atoms with Crippen molar-refractivity contribution in [3.05, 3.63) is 48.0 Å². The molecule has 1 aromatic rings. The molecule has 124 valence electrons. The van der Waals surface area contributed by atoms with Gasteiger partial charge in [0, 0.05) is 12.0 Å². The summed E-state index contributed by atoms with van der Waals surface area (Å²) in [5.74, 6) is 0.222. The predicted octanol–water partition coefficient (Wildman–Crippen LogP) is 2.34. The van der Waals surface area contributed by atoms with E-state index in [9.17, 15) is 4.79 Å². The van der Waals surface area contributed by atoms with E-state index in [1.807, 2.05) is 42.0 Å². The maximum absolute atomic E-state index is 12.2. The summed E-state index contributed by atoms with van der Waals surface area (Å²) in [5, 5.41) is 0. The van der Waals surface area contributed by atoms with Crippen molar-refractivity contribution in [1.82, 2.24) is 4.90 Å². The Kier molecular flexibility index (Phi) is 6.11. The van der Waals surface area contributed by atoms with Crippen LogP contribution in [0.2, 0.25) is 0 Å². The number of esters is 1. The zero-order valence-electron chi connectivity index (χ0n) is 14.3. The van der Waals surface area contributed by atoms with Gasteiger partial charge in [0.25, 0.3) is 0 Å². The van der Waals surface area contributed by atoms with E-state index in [0.717, 1.165) is 12.1 Å². The fourth-order valence-corrected chi connectivity index (χ4v) is 2.86. The van der Waals surface area contributed by atoms with E-state index in [1.165, 1.54) is 0 Å². The molecule has 1 heterocycles. The topological polar surface area (TPSA) is 32.5 Å².